The maximum Gasteiger partial charge on any atom is 0.334 e. The zero-order valence-corrected chi connectivity index (χ0v) is 16.3. The lowest BCUT2D eigenvalue weighted by Gasteiger charge is -2.11. The molecule has 1 aromatic carbocycles. The minimum Gasteiger partial charge on any atom is -0.479 e. The first-order chi connectivity index (χ1) is 12.8. The van der Waals surface area contributed by atoms with Crippen LogP contribution in [0.2, 0.25) is 0 Å². The van der Waals surface area contributed by atoms with Crippen molar-refractivity contribution in [3.05, 3.63) is 52.3 Å². The number of hydrogen-bond acceptors (Lipinski definition) is 4. The molecule has 0 radical (unpaired) electrons. The number of nitrogens with one attached hydrogen (secondary N) is 1. The average molecular weight is 373 g/mol. The first-order valence-corrected chi connectivity index (χ1v) is 8.92. The highest BCUT2D eigenvalue weighted by Crippen LogP contribution is 2.17. The Labute approximate surface area is 159 Å². The highest BCUT2D eigenvalue weighted by atomic mass is 16.5. The molecule has 0 saturated carbocycles. The van der Waals surface area contributed by atoms with Crippen LogP contribution in [-0.4, -0.2) is 46.5 Å². The number of hydrogen-bond donors (Lipinski definition) is 2. The molecule has 1 unspecified atom stereocenters. The molecule has 146 valence electrons. The minimum atomic E-state index is -1.10. The van der Waals surface area contributed by atoms with Crippen LogP contribution < -0.4 is 5.32 Å². The summed E-state index contributed by atoms with van der Waals surface area (Å²) in [4.78, 5) is 22.9. The van der Waals surface area contributed by atoms with Gasteiger partial charge < -0.3 is 15.2 Å². The monoisotopic (exact) mass is 373 g/mol. The lowest BCUT2D eigenvalue weighted by molar-refractivity contribution is -0.148. The number of aryl methyl sites for hydroxylation is 2. The second kappa shape index (κ2) is 9.32. The maximum atomic E-state index is 12.0. The molecule has 2 aromatic rings. The molecule has 0 saturated heterocycles. The average Bonchev–Trinajstić information content (AvgIpc) is 2.88. The van der Waals surface area contributed by atoms with Crippen LogP contribution in [0.3, 0.4) is 0 Å². The zero-order chi connectivity index (χ0) is 20.0. The van der Waals surface area contributed by atoms with E-state index >= 15 is 0 Å². The van der Waals surface area contributed by atoms with E-state index in [1.54, 1.807) is 0 Å². The van der Waals surface area contributed by atoms with Crippen LogP contribution >= 0.6 is 0 Å². The fourth-order valence-corrected chi connectivity index (χ4v) is 2.92. The molecular formula is C20H27N3O4. The smallest absolute Gasteiger partial charge is 0.334 e. The molecule has 27 heavy (non-hydrogen) atoms. The van der Waals surface area contributed by atoms with Gasteiger partial charge in [-0.3, -0.25) is 9.48 Å². The van der Waals surface area contributed by atoms with Gasteiger partial charge in [-0.1, -0.05) is 29.8 Å². The third kappa shape index (κ3) is 5.65. The SMILES string of the molecule is COC(CNC(=O)CCc1c(C)nn(Cc2ccc(C)cc2)c1C)C(=O)O. The van der Waals surface area contributed by atoms with Crippen LogP contribution in [0.25, 0.3) is 0 Å². The summed E-state index contributed by atoms with van der Waals surface area (Å²) in [6.45, 7) is 6.65. The van der Waals surface area contributed by atoms with Gasteiger partial charge in [0.05, 0.1) is 18.8 Å². The molecule has 1 aromatic heterocycles. The molecule has 1 amide bonds. The van der Waals surface area contributed by atoms with Crippen LogP contribution in [0, 0.1) is 20.8 Å². The van der Waals surface area contributed by atoms with Gasteiger partial charge in [0, 0.05) is 19.2 Å². The highest BCUT2D eigenvalue weighted by molar-refractivity contribution is 5.78. The Kier molecular flexibility index (Phi) is 7.12. The van der Waals surface area contributed by atoms with E-state index in [0.29, 0.717) is 13.0 Å². The van der Waals surface area contributed by atoms with Crippen molar-refractivity contribution in [3.63, 3.8) is 0 Å². The molecule has 1 atom stereocenters. The first kappa shape index (κ1) is 20.6. The van der Waals surface area contributed by atoms with Gasteiger partial charge in [0.25, 0.3) is 0 Å². The van der Waals surface area contributed by atoms with Crippen LogP contribution in [0.4, 0.5) is 0 Å². The van der Waals surface area contributed by atoms with Crippen LogP contribution in [0.1, 0.15) is 34.5 Å². The lowest BCUT2D eigenvalue weighted by atomic mass is 10.1. The Hall–Kier alpha value is -2.67. The van der Waals surface area contributed by atoms with Gasteiger partial charge in [-0.25, -0.2) is 4.79 Å². The van der Waals surface area contributed by atoms with Crippen LogP contribution in [-0.2, 0) is 27.3 Å². The summed E-state index contributed by atoms with van der Waals surface area (Å²) >= 11 is 0. The van der Waals surface area contributed by atoms with Gasteiger partial charge in [-0.05, 0) is 38.3 Å². The largest absolute Gasteiger partial charge is 0.479 e. The van der Waals surface area contributed by atoms with Crippen molar-refractivity contribution in [3.8, 4) is 0 Å². The molecule has 0 aliphatic carbocycles. The van der Waals surface area contributed by atoms with E-state index in [1.807, 2.05) is 18.5 Å². The topological polar surface area (TPSA) is 93.5 Å². The first-order valence-electron chi connectivity index (χ1n) is 8.92. The van der Waals surface area contributed by atoms with E-state index in [0.717, 1.165) is 17.0 Å². The van der Waals surface area contributed by atoms with Crippen molar-refractivity contribution in [1.82, 2.24) is 15.1 Å². The molecule has 0 aliphatic heterocycles. The van der Waals surface area contributed by atoms with Crippen molar-refractivity contribution in [2.45, 2.75) is 46.3 Å². The van der Waals surface area contributed by atoms with Crippen LogP contribution in [0.15, 0.2) is 24.3 Å². The molecule has 0 aliphatic rings. The summed E-state index contributed by atoms with van der Waals surface area (Å²) in [6, 6.07) is 8.34. The second-order valence-electron chi connectivity index (χ2n) is 6.66. The van der Waals surface area contributed by atoms with Gasteiger partial charge in [-0.2, -0.15) is 5.10 Å². The number of rotatable bonds is 9. The van der Waals surface area contributed by atoms with Gasteiger partial charge in [0.2, 0.25) is 5.91 Å². The molecule has 0 spiro atoms. The third-order valence-electron chi connectivity index (χ3n) is 4.63. The fourth-order valence-electron chi connectivity index (χ4n) is 2.92. The van der Waals surface area contributed by atoms with Crippen LogP contribution in [0.5, 0.6) is 0 Å². The summed E-state index contributed by atoms with van der Waals surface area (Å²) in [5.41, 5.74) is 5.40. The Bertz CT molecular complexity index is 796. The van der Waals surface area contributed by atoms with E-state index in [4.69, 9.17) is 9.84 Å². The Balaban J connectivity index is 1.95. The molecule has 0 fully saturated rings. The van der Waals surface area contributed by atoms with Crippen molar-refractivity contribution in [2.24, 2.45) is 0 Å². The van der Waals surface area contributed by atoms with Crippen molar-refractivity contribution in [2.75, 3.05) is 13.7 Å². The number of aliphatic carboxylic acids is 1. The van der Waals surface area contributed by atoms with Gasteiger partial charge in [0.15, 0.2) is 6.10 Å². The fraction of sp³-hybridized carbons (Fsp3) is 0.450. The predicted octanol–water partition coefficient (Wildman–Crippen LogP) is 2.01. The van der Waals surface area contributed by atoms with Gasteiger partial charge in [0.1, 0.15) is 0 Å². The number of carboxylic acid groups (broad SMARTS) is 1. The quantitative estimate of drug-likeness (QED) is 0.701. The van der Waals surface area contributed by atoms with Gasteiger partial charge >= 0.3 is 5.97 Å². The second-order valence-corrected chi connectivity index (χ2v) is 6.66. The standard InChI is InChI=1S/C20H27N3O4/c1-13-5-7-16(8-6-13)12-23-15(3)17(14(2)22-23)9-10-19(24)21-11-18(27-4)20(25)26/h5-8,18H,9-12H2,1-4H3,(H,21,24)(H,25,26). The molecule has 7 heteroatoms. The summed E-state index contributed by atoms with van der Waals surface area (Å²) < 4.78 is 6.76. The number of methoxy groups -OCH3 is 1. The van der Waals surface area contributed by atoms with E-state index in [9.17, 15) is 9.59 Å². The minimum absolute atomic E-state index is 0.0463. The number of nitrogens with zero attached hydrogens (tertiary/aromatic N) is 2. The number of ether oxygens (including phenoxy) is 1. The van der Waals surface area contributed by atoms with Crippen molar-refractivity contribution < 1.29 is 19.4 Å². The number of benzene rings is 1. The Morgan fingerprint density at radius 2 is 1.89 bits per heavy atom. The number of carbonyl (C=O) groups is 2. The van der Waals surface area contributed by atoms with Crippen molar-refractivity contribution >= 4 is 11.9 Å². The van der Waals surface area contributed by atoms with E-state index in [1.165, 1.54) is 18.2 Å². The predicted molar refractivity (Wildman–Crippen MR) is 102 cm³/mol. The highest BCUT2D eigenvalue weighted by Gasteiger charge is 2.18. The summed E-state index contributed by atoms with van der Waals surface area (Å²) in [6.07, 6.45) is -0.203. The number of amides is 1. The van der Waals surface area contributed by atoms with E-state index < -0.39 is 12.1 Å². The third-order valence-corrected chi connectivity index (χ3v) is 4.63. The lowest BCUT2D eigenvalue weighted by Crippen LogP contribution is -2.37. The number of carboxylic acids is 1. The van der Waals surface area contributed by atoms with E-state index in [-0.39, 0.29) is 18.9 Å². The number of aromatic nitrogens is 2. The normalized spacial score (nSPS) is 12.0. The maximum absolute atomic E-state index is 12.0. The molecule has 2 N–H and O–H groups in total. The molecule has 7 nitrogen and oxygen atoms in total. The van der Waals surface area contributed by atoms with Crippen molar-refractivity contribution in [1.29, 1.82) is 0 Å². The molecule has 1 heterocycles. The number of carbonyl (C=O) groups excluding carboxylic acids is 1. The van der Waals surface area contributed by atoms with E-state index in [2.05, 4.69) is 41.6 Å². The Morgan fingerprint density at radius 1 is 1.22 bits per heavy atom. The van der Waals surface area contributed by atoms with Gasteiger partial charge in [-0.15, -0.1) is 0 Å². The summed E-state index contributed by atoms with van der Waals surface area (Å²) in [5.74, 6) is -1.30. The molecule has 0 bridgehead atoms. The molecule has 2 rings (SSSR count). The summed E-state index contributed by atoms with van der Waals surface area (Å²) in [7, 11) is 1.31. The zero-order valence-electron chi connectivity index (χ0n) is 16.3. The molecular weight excluding hydrogens is 346 g/mol. The summed E-state index contributed by atoms with van der Waals surface area (Å²) in [5, 5.41) is 16.1. The Morgan fingerprint density at radius 3 is 2.48 bits per heavy atom.